The molecule has 3 unspecified atom stereocenters. The lowest BCUT2D eigenvalue weighted by Gasteiger charge is -2.42. The summed E-state index contributed by atoms with van der Waals surface area (Å²) in [5, 5.41) is 10.7. The number of piperidine rings is 1. The first-order valence-electron chi connectivity index (χ1n) is 7.10. The largest absolute Gasteiger partial charge is 0.393 e. The van der Waals surface area contributed by atoms with Gasteiger partial charge in [0.15, 0.2) is 0 Å². The van der Waals surface area contributed by atoms with Crippen molar-refractivity contribution in [2.75, 3.05) is 6.54 Å². The Morgan fingerprint density at radius 3 is 2.58 bits per heavy atom. The van der Waals surface area contributed by atoms with Gasteiger partial charge in [-0.25, -0.2) is 0 Å². The summed E-state index contributed by atoms with van der Waals surface area (Å²) in [6.07, 6.45) is 3.99. The van der Waals surface area contributed by atoms with Crippen LogP contribution in [0, 0.1) is 0 Å². The molecule has 3 N–H and O–H groups in total. The lowest BCUT2D eigenvalue weighted by atomic mass is 9.95. The van der Waals surface area contributed by atoms with Gasteiger partial charge >= 0.3 is 0 Å². The van der Waals surface area contributed by atoms with E-state index in [1.165, 1.54) is 18.4 Å². The summed E-state index contributed by atoms with van der Waals surface area (Å²) in [6, 6.07) is 9.18. The van der Waals surface area contributed by atoms with Crippen LogP contribution in [0.5, 0.6) is 0 Å². The Bertz CT molecular complexity index is 440. The fourth-order valence-corrected chi connectivity index (χ4v) is 4.04. The van der Waals surface area contributed by atoms with Crippen molar-refractivity contribution < 1.29 is 5.11 Å². The molecule has 2 fully saturated rings. The van der Waals surface area contributed by atoms with Crippen molar-refractivity contribution in [2.24, 2.45) is 5.73 Å². The molecule has 2 heterocycles. The third-order valence-electron chi connectivity index (χ3n) is 4.58. The van der Waals surface area contributed by atoms with Gasteiger partial charge in [0.1, 0.15) is 0 Å². The molecule has 0 radical (unpaired) electrons. The highest BCUT2D eigenvalue weighted by Crippen LogP contribution is 2.41. The van der Waals surface area contributed by atoms with Gasteiger partial charge in [-0.1, -0.05) is 23.7 Å². The van der Waals surface area contributed by atoms with Gasteiger partial charge in [0.2, 0.25) is 0 Å². The Hall–Kier alpha value is -0.610. The summed E-state index contributed by atoms with van der Waals surface area (Å²) in [7, 11) is 0. The van der Waals surface area contributed by atoms with Gasteiger partial charge in [-0.3, -0.25) is 4.90 Å². The highest BCUT2D eigenvalue weighted by atomic mass is 35.5. The van der Waals surface area contributed by atoms with Crippen LogP contribution >= 0.6 is 11.6 Å². The molecule has 2 aliphatic rings. The number of hydrogen-bond donors (Lipinski definition) is 2. The Balaban J connectivity index is 1.87. The van der Waals surface area contributed by atoms with E-state index in [4.69, 9.17) is 17.3 Å². The molecule has 104 valence electrons. The molecule has 0 saturated carbocycles. The maximum absolute atomic E-state index is 9.90. The minimum absolute atomic E-state index is 0.133. The van der Waals surface area contributed by atoms with Crippen molar-refractivity contribution in [3.63, 3.8) is 0 Å². The van der Waals surface area contributed by atoms with Crippen molar-refractivity contribution in [3.05, 3.63) is 34.9 Å². The molecular weight excluding hydrogens is 260 g/mol. The van der Waals surface area contributed by atoms with Gasteiger partial charge in [0.05, 0.1) is 6.10 Å². The molecule has 0 aromatic heterocycles. The van der Waals surface area contributed by atoms with E-state index in [0.29, 0.717) is 18.6 Å². The van der Waals surface area contributed by atoms with Crippen LogP contribution in [-0.2, 0) is 0 Å². The smallest absolute Gasteiger partial charge is 0.0570 e. The SMILES string of the molecule is NCC(c1cccc(Cl)c1)N1C2CCC1CC(O)C2. The summed E-state index contributed by atoms with van der Waals surface area (Å²) in [5.41, 5.74) is 7.22. The fraction of sp³-hybridized carbons (Fsp3) is 0.600. The number of aliphatic hydroxyl groups is 1. The topological polar surface area (TPSA) is 49.5 Å². The second kappa shape index (κ2) is 5.41. The highest BCUT2D eigenvalue weighted by molar-refractivity contribution is 6.30. The van der Waals surface area contributed by atoms with Crippen LogP contribution < -0.4 is 5.73 Å². The number of rotatable bonds is 3. The molecule has 0 spiro atoms. The average Bonchev–Trinajstić information content (AvgIpc) is 2.65. The minimum Gasteiger partial charge on any atom is -0.393 e. The van der Waals surface area contributed by atoms with Crippen LogP contribution in [0.25, 0.3) is 0 Å². The standard InChI is InChI=1S/C15H21ClN2O/c16-11-3-1-2-10(6-11)15(9-17)18-12-4-5-13(18)8-14(19)7-12/h1-3,6,12-15,19H,4-5,7-9,17H2. The normalized spacial score (nSPS) is 32.5. The average molecular weight is 281 g/mol. The lowest BCUT2D eigenvalue weighted by molar-refractivity contribution is 0.0115. The van der Waals surface area contributed by atoms with Gasteiger partial charge in [0.25, 0.3) is 0 Å². The van der Waals surface area contributed by atoms with Crippen LogP contribution in [-0.4, -0.2) is 34.7 Å². The van der Waals surface area contributed by atoms with Crippen LogP contribution in [0.3, 0.4) is 0 Å². The molecule has 0 amide bonds. The van der Waals surface area contributed by atoms with Gasteiger partial charge in [0, 0.05) is 29.7 Å². The third kappa shape index (κ3) is 2.52. The number of halogens is 1. The van der Waals surface area contributed by atoms with Gasteiger partial charge < -0.3 is 10.8 Å². The Kier molecular flexibility index (Phi) is 3.81. The zero-order chi connectivity index (χ0) is 13.4. The van der Waals surface area contributed by atoms with E-state index in [0.717, 1.165) is 17.9 Å². The molecule has 3 atom stereocenters. The highest BCUT2D eigenvalue weighted by Gasteiger charge is 2.43. The van der Waals surface area contributed by atoms with Crippen LogP contribution in [0.1, 0.15) is 37.3 Å². The third-order valence-corrected chi connectivity index (χ3v) is 4.82. The van der Waals surface area contributed by atoms with E-state index < -0.39 is 0 Å². The van der Waals surface area contributed by atoms with E-state index in [-0.39, 0.29) is 12.1 Å². The Labute approximate surface area is 119 Å². The molecule has 3 rings (SSSR count). The zero-order valence-corrected chi connectivity index (χ0v) is 11.8. The molecule has 0 aliphatic carbocycles. The summed E-state index contributed by atoms with van der Waals surface area (Å²) in [6.45, 7) is 0.601. The number of hydrogen-bond acceptors (Lipinski definition) is 3. The molecule has 2 bridgehead atoms. The van der Waals surface area contributed by atoms with Crippen LogP contribution in [0.2, 0.25) is 5.02 Å². The molecule has 2 aliphatic heterocycles. The van der Waals surface area contributed by atoms with Crippen molar-refractivity contribution >= 4 is 11.6 Å². The minimum atomic E-state index is -0.133. The lowest BCUT2D eigenvalue weighted by Crippen LogP contribution is -2.48. The van der Waals surface area contributed by atoms with Crippen molar-refractivity contribution in [2.45, 2.75) is 49.9 Å². The zero-order valence-electron chi connectivity index (χ0n) is 11.0. The second-order valence-corrected chi connectivity index (χ2v) is 6.20. The molecule has 19 heavy (non-hydrogen) atoms. The maximum Gasteiger partial charge on any atom is 0.0570 e. The number of nitrogens with two attached hydrogens (primary N) is 1. The Morgan fingerprint density at radius 2 is 2.00 bits per heavy atom. The monoisotopic (exact) mass is 280 g/mol. The number of nitrogens with zero attached hydrogens (tertiary/aromatic N) is 1. The van der Waals surface area contributed by atoms with E-state index in [1.54, 1.807) is 0 Å². The second-order valence-electron chi connectivity index (χ2n) is 5.76. The van der Waals surface area contributed by atoms with Gasteiger partial charge in [-0.15, -0.1) is 0 Å². The van der Waals surface area contributed by atoms with Crippen LogP contribution in [0.15, 0.2) is 24.3 Å². The van der Waals surface area contributed by atoms with Crippen molar-refractivity contribution in [1.82, 2.24) is 4.90 Å². The molecule has 4 heteroatoms. The van der Waals surface area contributed by atoms with E-state index in [1.807, 2.05) is 18.2 Å². The Morgan fingerprint density at radius 1 is 1.32 bits per heavy atom. The summed E-state index contributed by atoms with van der Waals surface area (Å²) >= 11 is 6.10. The quantitative estimate of drug-likeness (QED) is 0.893. The molecular formula is C15H21ClN2O. The first-order valence-corrected chi connectivity index (χ1v) is 7.48. The van der Waals surface area contributed by atoms with E-state index in [9.17, 15) is 5.11 Å². The first-order chi connectivity index (χ1) is 9.19. The first kappa shape index (κ1) is 13.4. The summed E-state index contributed by atoms with van der Waals surface area (Å²) < 4.78 is 0. The maximum atomic E-state index is 9.90. The fourth-order valence-electron chi connectivity index (χ4n) is 3.84. The summed E-state index contributed by atoms with van der Waals surface area (Å²) in [4.78, 5) is 2.53. The van der Waals surface area contributed by atoms with Crippen LogP contribution in [0.4, 0.5) is 0 Å². The number of fused-ring (bicyclic) bond motifs is 2. The predicted octanol–water partition coefficient (Wildman–Crippen LogP) is 2.33. The molecule has 2 saturated heterocycles. The van der Waals surface area contributed by atoms with E-state index >= 15 is 0 Å². The molecule has 1 aromatic rings. The van der Waals surface area contributed by atoms with Crippen molar-refractivity contribution in [1.29, 1.82) is 0 Å². The van der Waals surface area contributed by atoms with E-state index in [2.05, 4.69) is 11.0 Å². The molecule has 3 nitrogen and oxygen atoms in total. The van der Waals surface area contributed by atoms with Gasteiger partial charge in [-0.05, 0) is 43.4 Å². The predicted molar refractivity (Wildman–Crippen MR) is 77.1 cm³/mol. The number of aliphatic hydroxyl groups excluding tert-OH is 1. The number of benzene rings is 1. The summed E-state index contributed by atoms with van der Waals surface area (Å²) in [5.74, 6) is 0. The van der Waals surface area contributed by atoms with Crippen molar-refractivity contribution in [3.8, 4) is 0 Å². The molecule has 1 aromatic carbocycles. The van der Waals surface area contributed by atoms with Gasteiger partial charge in [-0.2, -0.15) is 0 Å².